The Hall–Kier alpha value is -1.84. The number of anilines is 1. The first-order valence-electron chi connectivity index (χ1n) is 7.46. The van der Waals surface area contributed by atoms with Crippen molar-refractivity contribution < 1.29 is 0 Å². The minimum atomic E-state index is 0.747. The molecule has 4 heteroatoms. The molecule has 0 spiro atoms. The number of aryl methyl sites for hydroxylation is 3. The van der Waals surface area contributed by atoms with E-state index in [2.05, 4.69) is 52.1 Å². The van der Waals surface area contributed by atoms with Crippen LogP contribution in [-0.4, -0.2) is 14.8 Å². The molecule has 4 nitrogen and oxygen atoms in total. The van der Waals surface area contributed by atoms with E-state index in [1.54, 1.807) is 0 Å². The lowest BCUT2D eigenvalue weighted by atomic mass is 10.1. The zero-order chi connectivity index (χ0) is 13.9. The van der Waals surface area contributed by atoms with Crippen LogP contribution < -0.4 is 5.32 Å². The normalized spacial score (nSPS) is 14.7. The number of nitrogens with zero attached hydrogens (tertiary/aromatic N) is 3. The van der Waals surface area contributed by atoms with Gasteiger partial charge in [-0.3, -0.25) is 0 Å². The average Bonchev–Trinajstić information content (AvgIpc) is 2.68. The Balaban J connectivity index is 1.75. The van der Waals surface area contributed by atoms with E-state index in [1.165, 1.54) is 36.1 Å². The van der Waals surface area contributed by atoms with E-state index in [4.69, 9.17) is 0 Å². The molecular formula is C16H22N4. The standard InChI is InChI=1S/C16H22N4/c1-12-7-8-13(2)14(10-12)17-11-16-19-18-15-6-4-3-5-9-20(15)16/h7-8,10,17H,3-6,9,11H2,1-2H3. The number of nitrogens with one attached hydrogen (secondary N) is 1. The lowest BCUT2D eigenvalue weighted by Gasteiger charge is -2.11. The molecule has 2 heterocycles. The minimum Gasteiger partial charge on any atom is -0.378 e. The molecule has 0 radical (unpaired) electrons. The maximum Gasteiger partial charge on any atom is 0.152 e. The second kappa shape index (κ2) is 5.65. The van der Waals surface area contributed by atoms with Crippen LogP contribution in [0.5, 0.6) is 0 Å². The highest BCUT2D eigenvalue weighted by Crippen LogP contribution is 2.19. The van der Waals surface area contributed by atoms with Gasteiger partial charge in [-0.15, -0.1) is 10.2 Å². The molecule has 0 amide bonds. The van der Waals surface area contributed by atoms with Crippen LogP contribution in [0.1, 0.15) is 42.0 Å². The molecule has 0 saturated heterocycles. The molecule has 3 rings (SSSR count). The summed E-state index contributed by atoms with van der Waals surface area (Å²) in [5.74, 6) is 2.21. The summed E-state index contributed by atoms with van der Waals surface area (Å²) >= 11 is 0. The van der Waals surface area contributed by atoms with Crippen molar-refractivity contribution in [3.05, 3.63) is 41.0 Å². The second-order valence-corrected chi connectivity index (χ2v) is 5.67. The quantitative estimate of drug-likeness (QED) is 0.931. The third-order valence-electron chi connectivity index (χ3n) is 4.02. The SMILES string of the molecule is Cc1ccc(C)c(NCc2nnc3n2CCCCC3)c1. The fraction of sp³-hybridized carbons (Fsp3) is 0.500. The molecule has 0 bridgehead atoms. The van der Waals surface area contributed by atoms with Crippen LogP contribution in [0.25, 0.3) is 0 Å². The molecule has 0 unspecified atom stereocenters. The van der Waals surface area contributed by atoms with Gasteiger partial charge in [0.15, 0.2) is 5.82 Å². The Kier molecular flexibility index (Phi) is 3.72. The van der Waals surface area contributed by atoms with Gasteiger partial charge < -0.3 is 9.88 Å². The van der Waals surface area contributed by atoms with Gasteiger partial charge in [0, 0.05) is 18.7 Å². The van der Waals surface area contributed by atoms with Crippen LogP contribution in [0.3, 0.4) is 0 Å². The van der Waals surface area contributed by atoms with Crippen molar-refractivity contribution in [3.63, 3.8) is 0 Å². The Morgan fingerprint density at radius 1 is 1.15 bits per heavy atom. The molecule has 0 fully saturated rings. The van der Waals surface area contributed by atoms with Crippen LogP contribution in [0.4, 0.5) is 5.69 Å². The van der Waals surface area contributed by atoms with Gasteiger partial charge in [-0.1, -0.05) is 18.6 Å². The van der Waals surface area contributed by atoms with Gasteiger partial charge in [0.05, 0.1) is 6.54 Å². The number of hydrogen-bond donors (Lipinski definition) is 1. The van der Waals surface area contributed by atoms with Crippen molar-refractivity contribution >= 4 is 5.69 Å². The number of hydrogen-bond acceptors (Lipinski definition) is 3. The van der Waals surface area contributed by atoms with Gasteiger partial charge in [0.1, 0.15) is 5.82 Å². The van der Waals surface area contributed by atoms with Crippen LogP contribution >= 0.6 is 0 Å². The van der Waals surface area contributed by atoms with E-state index in [0.717, 1.165) is 31.2 Å². The highest BCUT2D eigenvalue weighted by atomic mass is 15.3. The fourth-order valence-corrected chi connectivity index (χ4v) is 2.78. The van der Waals surface area contributed by atoms with E-state index < -0.39 is 0 Å². The highest BCUT2D eigenvalue weighted by Gasteiger charge is 2.14. The van der Waals surface area contributed by atoms with Crippen LogP contribution in [0.2, 0.25) is 0 Å². The van der Waals surface area contributed by atoms with Gasteiger partial charge in [-0.05, 0) is 43.9 Å². The van der Waals surface area contributed by atoms with Crippen molar-refractivity contribution in [2.24, 2.45) is 0 Å². The molecule has 1 N–H and O–H groups in total. The van der Waals surface area contributed by atoms with E-state index in [9.17, 15) is 0 Å². The minimum absolute atomic E-state index is 0.747. The summed E-state index contributed by atoms with van der Waals surface area (Å²) in [6.45, 7) is 6.06. The summed E-state index contributed by atoms with van der Waals surface area (Å²) in [5, 5.41) is 12.2. The zero-order valence-corrected chi connectivity index (χ0v) is 12.3. The van der Waals surface area contributed by atoms with E-state index in [-0.39, 0.29) is 0 Å². The first-order chi connectivity index (χ1) is 9.74. The van der Waals surface area contributed by atoms with Gasteiger partial charge >= 0.3 is 0 Å². The molecule has 1 aliphatic heterocycles. The summed E-state index contributed by atoms with van der Waals surface area (Å²) in [5.41, 5.74) is 3.74. The Morgan fingerprint density at radius 3 is 2.95 bits per heavy atom. The van der Waals surface area contributed by atoms with Gasteiger partial charge in [-0.2, -0.15) is 0 Å². The predicted molar refractivity (Wildman–Crippen MR) is 80.8 cm³/mol. The molecule has 0 saturated carbocycles. The Bertz CT molecular complexity index is 601. The molecule has 1 aromatic heterocycles. The molecular weight excluding hydrogens is 248 g/mol. The van der Waals surface area contributed by atoms with Crippen molar-refractivity contribution in [2.45, 2.75) is 52.6 Å². The molecule has 20 heavy (non-hydrogen) atoms. The van der Waals surface area contributed by atoms with E-state index in [1.807, 2.05) is 0 Å². The van der Waals surface area contributed by atoms with E-state index in [0.29, 0.717) is 0 Å². The molecule has 2 aromatic rings. The van der Waals surface area contributed by atoms with Gasteiger partial charge in [0.2, 0.25) is 0 Å². The topological polar surface area (TPSA) is 42.7 Å². The van der Waals surface area contributed by atoms with Gasteiger partial charge in [-0.25, -0.2) is 0 Å². The number of rotatable bonds is 3. The van der Waals surface area contributed by atoms with Gasteiger partial charge in [0.25, 0.3) is 0 Å². The maximum atomic E-state index is 4.36. The first-order valence-corrected chi connectivity index (χ1v) is 7.46. The lowest BCUT2D eigenvalue weighted by molar-refractivity contribution is 0.610. The van der Waals surface area contributed by atoms with Crippen molar-refractivity contribution in [2.75, 3.05) is 5.32 Å². The molecule has 106 valence electrons. The first kappa shape index (κ1) is 13.2. The molecule has 1 aliphatic rings. The average molecular weight is 270 g/mol. The summed E-state index contributed by atoms with van der Waals surface area (Å²) in [6.07, 6.45) is 4.84. The molecule has 0 atom stereocenters. The second-order valence-electron chi connectivity index (χ2n) is 5.67. The number of aromatic nitrogens is 3. The van der Waals surface area contributed by atoms with Crippen molar-refractivity contribution in [1.82, 2.24) is 14.8 Å². The highest BCUT2D eigenvalue weighted by molar-refractivity contribution is 5.52. The predicted octanol–water partition coefficient (Wildman–Crippen LogP) is 3.23. The number of benzene rings is 1. The summed E-state index contributed by atoms with van der Waals surface area (Å²) in [7, 11) is 0. The summed E-state index contributed by atoms with van der Waals surface area (Å²) < 4.78 is 2.30. The van der Waals surface area contributed by atoms with Crippen LogP contribution in [-0.2, 0) is 19.5 Å². The lowest BCUT2D eigenvalue weighted by Crippen LogP contribution is -2.10. The number of fused-ring (bicyclic) bond motifs is 1. The van der Waals surface area contributed by atoms with Crippen LogP contribution in [0.15, 0.2) is 18.2 Å². The summed E-state index contributed by atoms with van der Waals surface area (Å²) in [4.78, 5) is 0. The third kappa shape index (κ3) is 2.69. The smallest absolute Gasteiger partial charge is 0.152 e. The summed E-state index contributed by atoms with van der Waals surface area (Å²) in [6, 6.07) is 6.49. The Labute approximate surface area is 120 Å². The zero-order valence-electron chi connectivity index (χ0n) is 12.3. The van der Waals surface area contributed by atoms with Crippen molar-refractivity contribution in [3.8, 4) is 0 Å². The van der Waals surface area contributed by atoms with Crippen molar-refractivity contribution in [1.29, 1.82) is 0 Å². The van der Waals surface area contributed by atoms with Crippen LogP contribution in [0, 0.1) is 13.8 Å². The fourth-order valence-electron chi connectivity index (χ4n) is 2.78. The Morgan fingerprint density at radius 2 is 2.05 bits per heavy atom. The monoisotopic (exact) mass is 270 g/mol. The molecule has 1 aromatic carbocycles. The molecule has 0 aliphatic carbocycles. The maximum absolute atomic E-state index is 4.36. The van der Waals surface area contributed by atoms with E-state index >= 15 is 0 Å². The largest absolute Gasteiger partial charge is 0.378 e. The third-order valence-corrected chi connectivity index (χ3v) is 4.02.